The second-order valence-electron chi connectivity index (χ2n) is 4.71. The Bertz CT molecular complexity index is 804. The zero-order valence-electron chi connectivity index (χ0n) is 12.4. The molecule has 0 spiro atoms. The molecule has 0 fully saturated rings. The second-order valence-corrected chi connectivity index (χ2v) is 4.71. The maximum atomic E-state index is 11.5. The van der Waals surface area contributed by atoms with Crippen LogP contribution in [-0.2, 0) is 4.74 Å². The molecule has 3 aromatic rings. The highest BCUT2D eigenvalue weighted by atomic mass is 16.5. The van der Waals surface area contributed by atoms with Gasteiger partial charge in [0.15, 0.2) is 0 Å². The number of pyridine rings is 1. The first kappa shape index (κ1) is 14.6. The number of methoxy groups -OCH3 is 1. The van der Waals surface area contributed by atoms with E-state index in [1.807, 2.05) is 30.3 Å². The van der Waals surface area contributed by atoms with Crippen molar-refractivity contribution < 1.29 is 9.53 Å². The number of ether oxygens (including phenoxy) is 1. The van der Waals surface area contributed by atoms with Gasteiger partial charge < -0.3 is 10.1 Å². The summed E-state index contributed by atoms with van der Waals surface area (Å²) in [4.78, 5) is 24.2. The molecule has 0 amide bonds. The van der Waals surface area contributed by atoms with Gasteiger partial charge in [0, 0.05) is 24.2 Å². The Morgan fingerprint density at radius 3 is 2.43 bits per heavy atom. The Morgan fingerprint density at radius 1 is 1.00 bits per heavy atom. The van der Waals surface area contributed by atoms with Crippen LogP contribution in [-0.4, -0.2) is 28.0 Å². The molecule has 0 aliphatic heterocycles. The SMILES string of the molecule is COC(=O)c1ccnc(Nc2ncc(-c3ccccc3)cn2)c1. The van der Waals surface area contributed by atoms with Gasteiger partial charge in [0.2, 0.25) is 5.95 Å². The molecule has 1 N–H and O–H groups in total. The van der Waals surface area contributed by atoms with Gasteiger partial charge in [0.25, 0.3) is 0 Å². The van der Waals surface area contributed by atoms with Crippen molar-refractivity contribution in [2.45, 2.75) is 0 Å². The molecule has 0 radical (unpaired) electrons. The lowest BCUT2D eigenvalue weighted by Gasteiger charge is -2.06. The molecule has 0 aliphatic carbocycles. The number of carbonyl (C=O) groups is 1. The quantitative estimate of drug-likeness (QED) is 0.746. The Balaban J connectivity index is 1.77. The summed E-state index contributed by atoms with van der Waals surface area (Å²) in [5, 5.41) is 2.96. The van der Waals surface area contributed by atoms with Gasteiger partial charge in [-0.2, -0.15) is 0 Å². The van der Waals surface area contributed by atoms with Gasteiger partial charge in [0.1, 0.15) is 5.82 Å². The fourth-order valence-electron chi connectivity index (χ4n) is 2.03. The summed E-state index contributed by atoms with van der Waals surface area (Å²) in [5.41, 5.74) is 2.38. The number of anilines is 2. The average Bonchev–Trinajstić information content (AvgIpc) is 2.62. The molecular weight excluding hydrogens is 292 g/mol. The number of esters is 1. The molecule has 0 saturated heterocycles. The number of aromatic nitrogens is 3. The predicted molar refractivity (Wildman–Crippen MR) is 86.3 cm³/mol. The number of carbonyl (C=O) groups excluding carboxylic acids is 1. The third kappa shape index (κ3) is 3.49. The topological polar surface area (TPSA) is 77.0 Å². The van der Waals surface area contributed by atoms with Crippen LogP contribution in [0.5, 0.6) is 0 Å². The van der Waals surface area contributed by atoms with Gasteiger partial charge >= 0.3 is 5.97 Å². The lowest BCUT2D eigenvalue weighted by molar-refractivity contribution is 0.0600. The Hall–Kier alpha value is -3.28. The number of nitrogens with one attached hydrogen (secondary N) is 1. The van der Waals surface area contributed by atoms with Crippen molar-refractivity contribution in [3.05, 3.63) is 66.6 Å². The highest BCUT2D eigenvalue weighted by Crippen LogP contribution is 2.18. The van der Waals surface area contributed by atoms with Crippen LogP contribution in [0.4, 0.5) is 11.8 Å². The van der Waals surface area contributed by atoms with Crippen molar-refractivity contribution >= 4 is 17.7 Å². The average molecular weight is 306 g/mol. The molecule has 23 heavy (non-hydrogen) atoms. The van der Waals surface area contributed by atoms with Gasteiger partial charge in [0.05, 0.1) is 12.7 Å². The molecule has 2 aromatic heterocycles. The van der Waals surface area contributed by atoms with Crippen molar-refractivity contribution in [2.24, 2.45) is 0 Å². The number of nitrogens with zero attached hydrogens (tertiary/aromatic N) is 3. The Labute approximate surface area is 133 Å². The summed E-state index contributed by atoms with van der Waals surface area (Å²) in [6.07, 6.45) is 4.98. The van der Waals surface area contributed by atoms with Gasteiger partial charge in [-0.05, 0) is 17.7 Å². The lowest BCUT2D eigenvalue weighted by atomic mass is 10.1. The third-order valence-electron chi connectivity index (χ3n) is 3.18. The summed E-state index contributed by atoms with van der Waals surface area (Å²) >= 11 is 0. The van der Waals surface area contributed by atoms with E-state index in [2.05, 4.69) is 25.0 Å². The number of rotatable bonds is 4. The van der Waals surface area contributed by atoms with E-state index in [-0.39, 0.29) is 0 Å². The first-order chi connectivity index (χ1) is 11.3. The fourth-order valence-corrected chi connectivity index (χ4v) is 2.03. The van der Waals surface area contributed by atoms with E-state index in [9.17, 15) is 4.79 Å². The molecule has 3 rings (SSSR count). The van der Waals surface area contributed by atoms with Crippen molar-refractivity contribution in [1.82, 2.24) is 15.0 Å². The molecule has 1 aromatic carbocycles. The summed E-state index contributed by atoms with van der Waals surface area (Å²) < 4.78 is 4.68. The van der Waals surface area contributed by atoms with Gasteiger partial charge in [-0.25, -0.2) is 19.7 Å². The van der Waals surface area contributed by atoms with Crippen LogP contribution in [0, 0.1) is 0 Å². The molecule has 0 bridgehead atoms. The highest BCUT2D eigenvalue weighted by molar-refractivity contribution is 5.90. The zero-order chi connectivity index (χ0) is 16.1. The monoisotopic (exact) mass is 306 g/mol. The van der Waals surface area contributed by atoms with E-state index in [0.29, 0.717) is 17.3 Å². The van der Waals surface area contributed by atoms with Crippen molar-refractivity contribution in [3.8, 4) is 11.1 Å². The van der Waals surface area contributed by atoms with Crippen LogP contribution in [0.3, 0.4) is 0 Å². The van der Waals surface area contributed by atoms with E-state index < -0.39 is 5.97 Å². The van der Waals surface area contributed by atoms with Crippen LogP contribution >= 0.6 is 0 Å². The van der Waals surface area contributed by atoms with E-state index >= 15 is 0 Å². The number of hydrogen-bond donors (Lipinski definition) is 1. The molecule has 0 atom stereocenters. The molecule has 114 valence electrons. The second kappa shape index (κ2) is 6.65. The Morgan fingerprint density at radius 2 is 1.74 bits per heavy atom. The summed E-state index contributed by atoms with van der Waals surface area (Å²) in [7, 11) is 1.33. The smallest absolute Gasteiger partial charge is 0.338 e. The van der Waals surface area contributed by atoms with E-state index in [4.69, 9.17) is 0 Å². The first-order valence-electron chi connectivity index (χ1n) is 6.95. The van der Waals surface area contributed by atoms with Crippen molar-refractivity contribution in [3.63, 3.8) is 0 Å². The maximum Gasteiger partial charge on any atom is 0.338 e. The van der Waals surface area contributed by atoms with Gasteiger partial charge in [-0.15, -0.1) is 0 Å². The summed E-state index contributed by atoms with van der Waals surface area (Å²) in [6, 6.07) is 13.0. The summed E-state index contributed by atoms with van der Waals surface area (Å²) in [5.74, 6) is 0.454. The van der Waals surface area contributed by atoms with E-state index in [1.165, 1.54) is 13.3 Å². The molecule has 2 heterocycles. The number of benzene rings is 1. The predicted octanol–water partition coefficient (Wildman–Crippen LogP) is 3.07. The molecule has 0 unspecified atom stereocenters. The maximum absolute atomic E-state index is 11.5. The molecule has 6 nitrogen and oxygen atoms in total. The number of hydrogen-bond acceptors (Lipinski definition) is 6. The van der Waals surface area contributed by atoms with E-state index in [1.54, 1.807) is 24.5 Å². The first-order valence-corrected chi connectivity index (χ1v) is 6.95. The molecular formula is C17H14N4O2. The molecule has 6 heteroatoms. The van der Waals surface area contributed by atoms with Crippen LogP contribution in [0.2, 0.25) is 0 Å². The normalized spacial score (nSPS) is 10.1. The minimum absolute atomic E-state index is 0.402. The van der Waals surface area contributed by atoms with Gasteiger partial charge in [-0.1, -0.05) is 30.3 Å². The fraction of sp³-hybridized carbons (Fsp3) is 0.0588. The summed E-state index contributed by atoms with van der Waals surface area (Å²) in [6.45, 7) is 0. The third-order valence-corrected chi connectivity index (χ3v) is 3.18. The minimum Gasteiger partial charge on any atom is -0.465 e. The molecule has 0 saturated carbocycles. The van der Waals surface area contributed by atoms with Crippen LogP contribution in [0.25, 0.3) is 11.1 Å². The van der Waals surface area contributed by atoms with Gasteiger partial charge in [-0.3, -0.25) is 0 Å². The highest BCUT2D eigenvalue weighted by Gasteiger charge is 2.07. The lowest BCUT2D eigenvalue weighted by Crippen LogP contribution is -2.04. The molecule has 0 aliphatic rings. The largest absolute Gasteiger partial charge is 0.465 e. The van der Waals surface area contributed by atoms with Crippen molar-refractivity contribution in [2.75, 3.05) is 12.4 Å². The van der Waals surface area contributed by atoms with Crippen LogP contribution < -0.4 is 5.32 Å². The van der Waals surface area contributed by atoms with Crippen LogP contribution in [0.1, 0.15) is 10.4 Å². The standard InChI is InChI=1S/C17H14N4O2/c1-23-16(22)13-7-8-18-15(9-13)21-17-19-10-14(11-20-17)12-5-3-2-4-6-12/h2-11H,1H3,(H,18,19,20,21). The van der Waals surface area contributed by atoms with E-state index in [0.717, 1.165) is 11.1 Å². The Kier molecular flexibility index (Phi) is 4.24. The van der Waals surface area contributed by atoms with Crippen LogP contribution in [0.15, 0.2) is 61.1 Å². The van der Waals surface area contributed by atoms with Crippen molar-refractivity contribution in [1.29, 1.82) is 0 Å². The zero-order valence-corrected chi connectivity index (χ0v) is 12.4. The minimum atomic E-state index is -0.421.